The molecule has 0 saturated heterocycles. The van der Waals surface area contributed by atoms with Crippen molar-refractivity contribution in [2.45, 2.75) is 26.2 Å². The predicted molar refractivity (Wildman–Crippen MR) is 131 cm³/mol. The lowest BCUT2D eigenvalue weighted by atomic mass is 9.87. The van der Waals surface area contributed by atoms with Crippen molar-refractivity contribution in [3.05, 3.63) is 88.3 Å². The van der Waals surface area contributed by atoms with E-state index in [0.717, 1.165) is 5.56 Å². The van der Waals surface area contributed by atoms with Gasteiger partial charge in [0.1, 0.15) is 22.8 Å². The maximum Gasteiger partial charge on any atom is 0.344 e. The van der Waals surface area contributed by atoms with Crippen molar-refractivity contribution in [1.29, 1.82) is 0 Å². The number of hydrogen-bond acceptors (Lipinski definition) is 6. The number of carbonyl (C=O) groups is 1. The molecule has 0 spiro atoms. The first kappa shape index (κ1) is 23.1. The molecular formula is C28H26O6. The summed E-state index contributed by atoms with van der Waals surface area (Å²) in [5.74, 6) is 0.913. The zero-order valence-electron chi connectivity index (χ0n) is 19.8. The monoisotopic (exact) mass is 458 g/mol. The van der Waals surface area contributed by atoms with Crippen LogP contribution in [0.25, 0.3) is 22.1 Å². The lowest BCUT2D eigenvalue weighted by molar-refractivity contribution is 0.0735. The van der Waals surface area contributed by atoms with Gasteiger partial charge in [-0.1, -0.05) is 32.9 Å². The summed E-state index contributed by atoms with van der Waals surface area (Å²) < 4.78 is 21.8. The number of methoxy groups -OCH3 is 2. The fourth-order valence-corrected chi connectivity index (χ4v) is 3.64. The first-order chi connectivity index (χ1) is 16.2. The molecule has 0 bridgehead atoms. The molecule has 0 N–H and O–H groups in total. The molecule has 0 aliphatic rings. The van der Waals surface area contributed by atoms with Gasteiger partial charge in [-0.2, -0.15) is 0 Å². The minimum Gasteiger partial charge on any atom is -0.497 e. The maximum absolute atomic E-state index is 12.8. The van der Waals surface area contributed by atoms with Gasteiger partial charge in [-0.15, -0.1) is 0 Å². The normalized spacial score (nSPS) is 11.3. The predicted octanol–water partition coefficient (Wildman–Crippen LogP) is 5.99. The number of fused-ring (bicyclic) bond motifs is 1. The first-order valence-corrected chi connectivity index (χ1v) is 10.8. The van der Waals surface area contributed by atoms with Gasteiger partial charge in [0.05, 0.1) is 25.3 Å². The Morgan fingerprint density at radius 2 is 1.50 bits per heavy atom. The third-order valence-corrected chi connectivity index (χ3v) is 5.60. The molecule has 1 heterocycles. The molecule has 0 amide bonds. The summed E-state index contributed by atoms with van der Waals surface area (Å²) in [6.07, 6.45) is 0. The van der Waals surface area contributed by atoms with Crippen LogP contribution in [0.4, 0.5) is 0 Å². The fraction of sp³-hybridized carbons (Fsp3) is 0.214. The van der Waals surface area contributed by atoms with Crippen molar-refractivity contribution >= 4 is 16.9 Å². The van der Waals surface area contributed by atoms with Crippen molar-refractivity contribution in [1.82, 2.24) is 0 Å². The van der Waals surface area contributed by atoms with E-state index in [4.69, 9.17) is 18.6 Å². The number of esters is 1. The van der Waals surface area contributed by atoms with E-state index in [0.29, 0.717) is 39.2 Å². The highest BCUT2D eigenvalue weighted by Gasteiger charge is 2.17. The number of rotatable bonds is 5. The van der Waals surface area contributed by atoms with E-state index >= 15 is 0 Å². The Hall–Kier alpha value is -4.06. The molecule has 6 nitrogen and oxygen atoms in total. The van der Waals surface area contributed by atoms with Crippen LogP contribution in [0.1, 0.15) is 36.7 Å². The van der Waals surface area contributed by atoms with Crippen molar-refractivity contribution in [3.63, 3.8) is 0 Å². The van der Waals surface area contributed by atoms with E-state index in [1.807, 2.05) is 12.1 Å². The fourth-order valence-electron chi connectivity index (χ4n) is 3.64. The van der Waals surface area contributed by atoms with Gasteiger partial charge in [-0.3, -0.25) is 0 Å². The average Bonchev–Trinajstić information content (AvgIpc) is 2.82. The van der Waals surface area contributed by atoms with E-state index in [1.54, 1.807) is 55.6 Å². The average molecular weight is 459 g/mol. The van der Waals surface area contributed by atoms with Gasteiger partial charge >= 0.3 is 11.6 Å². The summed E-state index contributed by atoms with van der Waals surface area (Å²) in [7, 11) is 3.08. The van der Waals surface area contributed by atoms with Crippen molar-refractivity contribution < 1.29 is 23.4 Å². The van der Waals surface area contributed by atoms with Crippen LogP contribution in [0.3, 0.4) is 0 Å². The molecule has 1 aromatic heterocycles. The Kier molecular flexibility index (Phi) is 6.16. The van der Waals surface area contributed by atoms with E-state index in [1.165, 1.54) is 13.2 Å². The second kappa shape index (κ2) is 9.06. The topological polar surface area (TPSA) is 75.0 Å². The molecule has 0 saturated carbocycles. The smallest absolute Gasteiger partial charge is 0.344 e. The van der Waals surface area contributed by atoms with Gasteiger partial charge in [0, 0.05) is 17.0 Å². The molecule has 0 fully saturated rings. The summed E-state index contributed by atoms with van der Waals surface area (Å²) in [6.45, 7) is 6.33. The minimum absolute atomic E-state index is 0.00786. The Balaban J connectivity index is 1.63. The Labute approximate surface area is 197 Å². The number of ether oxygens (including phenoxy) is 3. The summed E-state index contributed by atoms with van der Waals surface area (Å²) in [5, 5.41) is 0.675. The Bertz CT molecular complexity index is 1410. The molecule has 0 unspecified atom stereocenters. The summed E-state index contributed by atoms with van der Waals surface area (Å²) in [6, 6.07) is 19.2. The molecule has 34 heavy (non-hydrogen) atoms. The van der Waals surface area contributed by atoms with Gasteiger partial charge in [0.25, 0.3) is 0 Å². The van der Waals surface area contributed by atoms with E-state index in [-0.39, 0.29) is 11.2 Å². The third kappa shape index (κ3) is 4.66. The quantitative estimate of drug-likeness (QED) is 0.208. The van der Waals surface area contributed by atoms with E-state index < -0.39 is 11.6 Å². The zero-order valence-corrected chi connectivity index (χ0v) is 19.8. The van der Waals surface area contributed by atoms with Crippen LogP contribution in [0.15, 0.2) is 75.9 Å². The number of benzene rings is 3. The largest absolute Gasteiger partial charge is 0.497 e. The van der Waals surface area contributed by atoms with Gasteiger partial charge in [-0.25, -0.2) is 9.59 Å². The van der Waals surface area contributed by atoms with Gasteiger partial charge < -0.3 is 18.6 Å². The lowest BCUT2D eigenvalue weighted by Gasteiger charge is -2.18. The molecule has 4 rings (SSSR count). The number of carbonyl (C=O) groups excluding carboxylic acids is 1. The summed E-state index contributed by atoms with van der Waals surface area (Å²) in [5.41, 5.74) is 2.23. The van der Waals surface area contributed by atoms with Crippen molar-refractivity contribution in [2.24, 2.45) is 0 Å². The van der Waals surface area contributed by atoms with Crippen LogP contribution in [0, 0.1) is 0 Å². The molecule has 4 aromatic rings. The second-order valence-corrected chi connectivity index (χ2v) is 8.93. The molecule has 0 aliphatic carbocycles. The Morgan fingerprint density at radius 3 is 2.15 bits per heavy atom. The van der Waals surface area contributed by atoms with E-state index in [2.05, 4.69) is 20.8 Å². The lowest BCUT2D eigenvalue weighted by Crippen LogP contribution is -2.13. The molecular weight excluding hydrogens is 432 g/mol. The highest BCUT2D eigenvalue weighted by molar-refractivity contribution is 5.92. The maximum atomic E-state index is 12.8. The van der Waals surface area contributed by atoms with Crippen LogP contribution in [0.2, 0.25) is 0 Å². The second-order valence-electron chi connectivity index (χ2n) is 8.93. The molecule has 0 radical (unpaired) electrons. The minimum atomic E-state index is -0.541. The van der Waals surface area contributed by atoms with Gasteiger partial charge in [0.2, 0.25) is 0 Å². The number of hydrogen-bond donors (Lipinski definition) is 0. The molecule has 0 aliphatic heterocycles. The van der Waals surface area contributed by atoms with Gasteiger partial charge in [0.15, 0.2) is 0 Å². The van der Waals surface area contributed by atoms with Crippen LogP contribution in [-0.4, -0.2) is 20.2 Å². The van der Waals surface area contributed by atoms with E-state index in [9.17, 15) is 9.59 Å². The Morgan fingerprint density at radius 1 is 0.794 bits per heavy atom. The highest BCUT2D eigenvalue weighted by Crippen LogP contribution is 2.33. The molecule has 174 valence electrons. The standard InChI is InChI=1S/C28H26O6/c1-28(2,3)19-9-6-17(7-10-19)26(29)33-21-11-8-18-14-23(27(30)34-25(18)16-21)22-15-20(31-4)12-13-24(22)32-5/h6-16H,1-5H3. The summed E-state index contributed by atoms with van der Waals surface area (Å²) >= 11 is 0. The van der Waals surface area contributed by atoms with Crippen molar-refractivity contribution in [2.75, 3.05) is 14.2 Å². The van der Waals surface area contributed by atoms with Crippen LogP contribution in [0.5, 0.6) is 17.2 Å². The van der Waals surface area contributed by atoms with Crippen LogP contribution < -0.4 is 19.8 Å². The van der Waals surface area contributed by atoms with Gasteiger partial charge in [-0.05, 0) is 59.5 Å². The third-order valence-electron chi connectivity index (χ3n) is 5.60. The SMILES string of the molecule is COc1ccc(OC)c(-c2cc3ccc(OC(=O)c4ccc(C(C)(C)C)cc4)cc3oc2=O)c1. The molecule has 6 heteroatoms. The zero-order chi connectivity index (χ0) is 24.5. The molecule has 0 atom stereocenters. The first-order valence-electron chi connectivity index (χ1n) is 10.8. The highest BCUT2D eigenvalue weighted by atomic mass is 16.5. The van der Waals surface area contributed by atoms with Crippen LogP contribution in [-0.2, 0) is 5.41 Å². The summed E-state index contributed by atoms with van der Waals surface area (Å²) in [4.78, 5) is 25.4. The van der Waals surface area contributed by atoms with Crippen molar-refractivity contribution in [3.8, 4) is 28.4 Å². The molecule has 3 aromatic carbocycles. The van der Waals surface area contributed by atoms with Crippen LogP contribution >= 0.6 is 0 Å².